The summed E-state index contributed by atoms with van der Waals surface area (Å²) in [6.45, 7) is 2.06. The first kappa shape index (κ1) is 12.1. The lowest BCUT2D eigenvalue weighted by Gasteiger charge is -2.10. The fraction of sp³-hybridized carbons (Fsp3) is 0.300. The molecule has 1 amide bonds. The summed E-state index contributed by atoms with van der Waals surface area (Å²) in [5, 5.41) is 16.1. The monoisotopic (exact) mass is 247 g/mol. The number of rotatable bonds is 4. The minimum atomic E-state index is -0.328. The zero-order valence-electron chi connectivity index (χ0n) is 9.79. The molecule has 0 bridgehead atoms. The van der Waals surface area contributed by atoms with Crippen molar-refractivity contribution in [2.24, 2.45) is 5.73 Å². The summed E-state index contributed by atoms with van der Waals surface area (Å²) in [5.41, 5.74) is 6.63. The molecule has 94 valence electrons. The van der Waals surface area contributed by atoms with Crippen LogP contribution < -0.4 is 11.1 Å². The Morgan fingerprint density at radius 2 is 2.44 bits per heavy atom. The molecule has 0 radical (unpaired) electrons. The molecule has 1 atom stereocenters. The summed E-state index contributed by atoms with van der Waals surface area (Å²) < 4.78 is 0. The van der Waals surface area contributed by atoms with Crippen LogP contribution in [0, 0.1) is 0 Å². The molecular weight excluding hydrogens is 234 g/mol. The number of nitrogens with zero attached hydrogens (tertiary/aromatic N) is 4. The smallest absolute Gasteiger partial charge is 0.251 e. The van der Waals surface area contributed by atoms with E-state index in [0.717, 1.165) is 0 Å². The highest BCUT2D eigenvalue weighted by molar-refractivity contribution is 5.94. The number of nitrogens with one attached hydrogen (secondary N) is 2. The van der Waals surface area contributed by atoms with E-state index in [1.54, 1.807) is 25.3 Å². The SMILES string of the molecule is CC(NC(=O)c1ccnc(CN)c1)c1nn[nH]n1. The largest absolute Gasteiger partial charge is 0.342 e. The quantitative estimate of drug-likeness (QED) is 0.672. The van der Waals surface area contributed by atoms with Crippen LogP contribution >= 0.6 is 0 Å². The van der Waals surface area contributed by atoms with E-state index in [4.69, 9.17) is 5.73 Å². The number of tetrazole rings is 1. The van der Waals surface area contributed by atoms with Crippen LogP contribution in [0.25, 0.3) is 0 Å². The number of aromatic amines is 1. The summed E-state index contributed by atoms with van der Waals surface area (Å²) in [7, 11) is 0. The summed E-state index contributed by atoms with van der Waals surface area (Å²) in [5.74, 6) is 0.195. The van der Waals surface area contributed by atoms with Gasteiger partial charge in [0, 0.05) is 18.3 Å². The van der Waals surface area contributed by atoms with Gasteiger partial charge in [0.15, 0.2) is 5.82 Å². The zero-order valence-corrected chi connectivity index (χ0v) is 9.79. The lowest BCUT2D eigenvalue weighted by atomic mass is 10.2. The molecular formula is C10H13N7O. The van der Waals surface area contributed by atoms with Gasteiger partial charge >= 0.3 is 0 Å². The van der Waals surface area contributed by atoms with Gasteiger partial charge in [-0.3, -0.25) is 9.78 Å². The molecule has 8 nitrogen and oxygen atoms in total. The van der Waals surface area contributed by atoms with Gasteiger partial charge in [-0.25, -0.2) is 0 Å². The fourth-order valence-electron chi connectivity index (χ4n) is 1.43. The van der Waals surface area contributed by atoms with Gasteiger partial charge in [0.2, 0.25) is 0 Å². The van der Waals surface area contributed by atoms with Crippen molar-refractivity contribution in [2.45, 2.75) is 19.5 Å². The average Bonchev–Trinajstić information content (AvgIpc) is 2.92. The van der Waals surface area contributed by atoms with Crippen LogP contribution in [-0.4, -0.2) is 31.5 Å². The van der Waals surface area contributed by atoms with Gasteiger partial charge in [0.25, 0.3) is 5.91 Å². The van der Waals surface area contributed by atoms with Crippen LogP contribution in [0.3, 0.4) is 0 Å². The molecule has 0 aliphatic carbocycles. The van der Waals surface area contributed by atoms with Crippen LogP contribution in [0.1, 0.15) is 34.8 Å². The molecule has 2 aromatic rings. The van der Waals surface area contributed by atoms with E-state index in [2.05, 4.69) is 30.9 Å². The van der Waals surface area contributed by atoms with Crippen LogP contribution in [-0.2, 0) is 6.54 Å². The average molecular weight is 247 g/mol. The molecule has 2 rings (SSSR count). The van der Waals surface area contributed by atoms with Crippen molar-refractivity contribution in [2.75, 3.05) is 0 Å². The van der Waals surface area contributed by atoms with Crippen molar-refractivity contribution in [1.29, 1.82) is 0 Å². The zero-order chi connectivity index (χ0) is 13.0. The molecule has 0 saturated carbocycles. The molecule has 0 aliphatic heterocycles. The maximum Gasteiger partial charge on any atom is 0.251 e. The Morgan fingerprint density at radius 3 is 3.11 bits per heavy atom. The molecule has 4 N–H and O–H groups in total. The van der Waals surface area contributed by atoms with Crippen LogP contribution in [0.5, 0.6) is 0 Å². The molecule has 18 heavy (non-hydrogen) atoms. The Balaban J connectivity index is 2.07. The summed E-state index contributed by atoms with van der Waals surface area (Å²) in [6.07, 6.45) is 1.55. The predicted molar refractivity (Wildman–Crippen MR) is 62.2 cm³/mol. The van der Waals surface area contributed by atoms with E-state index < -0.39 is 0 Å². The molecule has 0 spiro atoms. The number of hydrogen-bond acceptors (Lipinski definition) is 6. The van der Waals surface area contributed by atoms with Crippen molar-refractivity contribution >= 4 is 5.91 Å². The maximum absolute atomic E-state index is 12.0. The number of pyridine rings is 1. The van der Waals surface area contributed by atoms with Crippen LogP contribution in [0.15, 0.2) is 18.3 Å². The lowest BCUT2D eigenvalue weighted by Crippen LogP contribution is -2.27. The standard InChI is InChI=1S/C10H13N7O/c1-6(9-14-16-17-15-9)13-10(18)7-2-3-12-8(4-7)5-11/h2-4,6H,5,11H2,1H3,(H,13,18)(H,14,15,16,17). The van der Waals surface area contributed by atoms with Crippen molar-refractivity contribution in [3.8, 4) is 0 Å². The fourth-order valence-corrected chi connectivity index (χ4v) is 1.43. The minimum absolute atomic E-state index is 0.232. The Kier molecular flexibility index (Phi) is 3.58. The highest BCUT2D eigenvalue weighted by atomic mass is 16.1. The molecule has 1 unspecified atom stereocenters. The molecule has 0 fully saturated rings. The maximum atomic E-state index is 12.0. The second kappa shape index (κ2) is 5.32. The summed E-state index contributed by atoms with van der Waals surface area (Å²) in [6, 6.07) is 2.95. The first-order valence-electron chi connectivity index (χ1n) is 5.40. The Morgan fingerprint density at radius 1 is 1.61 bits per heavy atom. The van der Waals surface area contributed by atoms with E-state index in [9.17, 15) is 4.79 Å². The number of nitrogens with two attached hydrogens (primary N) is 1. The van der Waals surface area contributed by atoms with Crippen LogP contribution in [0.4, 0.5) is 0 Å². The van der Waals surface area contributed by atoms with Gasteiger partial charge in [-0.15, -0.1) is 10.2 Å². The Bertz CT molecular complexity index is 525. The van der Waals surface area contributed by atoms with E-state index in [1.165, 1.54) is 0 Å². The lowest BCUT2D eigenvalue weighted by molar-refractivity contribution is 0.0938. The first-order chi connectivity index (χ1) is 8.70. The van der Waals surface area contributed by atoms with E-state index in [0.29, 0.717) is 23.6 Å². The number of aromatic nitrogens is 5. The molecule has 0 saturated heterocycles. The van der Waals surface area contributed by atoms with Gasteiger partial charge in [0.05, 0.1) is 11.7 Å². The Labute approximate surface area is 103 Å². The van der Waals surface area contributed by atoms with Crippen LogP contribution in [0.2, 0.25) is 0 Å². The van der Waals surface area contributed by atoms with Gasteiger partial charge in [0.1, 0.15) is 0 Å². The molecule has 0 aromatic carbocycles. The van der Waals surface area contributed by atoms with Crippen molar-refractivity contribution in [3.63, 3.8) is 0 Å². The Hall–Kier alpha value is -2.35. The van der Waals surface area contributed by atoms with Gasteiger partial charge in [-0.1, -0.05) is 5.21 Å². The van der Waals surface area contributed by atoms with E-state index >= 15 is 0 Å². The summed E-state index contributed by atoms with van der Waals surface area (Å²) >= 11 is 0. The molecule has 2 heterocycles. The van der Waals surface area contributed by atoms with Gasteiger partial charge in [-0.05, 0) is 19.1 Å². The third kappa shape index (κ3) is 2.66. The van der Waals surface area contributed by atoms with Gasteiger partial charge < -0.3 is 11.1 Å². The highest BCUT2D eigenvalue weighted by Gasteiger charge is 2.14. The predicted octanol–water partition coefficient (Wildman–Crippen LogP) is -0.456. The van der Waals surface area contributed by atoms with E-state index in [-0.39, 0.29) is 11.9 Å². The molecule has 2 aromatic heterocycles. The number of carbonyl (C=O) groups excluding carboxylic acids is 1. The number of H-pyrrole nitrogens is 1. The third-order valence-electron chi connectivity index (χ3n) is 2.38. The third-order valence-corrected chi connectivity index (χ3v) is 2.38. The van der Waals surface area contributed by atoms with Crippen molar-refractivity contribution < 1.29 is 4.79 Å². The first-order valence-corrected chi connectivity index (χ1v) is 5.40. The van der Waals surface area contributed by atoms with Crippen molar-refractivity contribution in [3.05, 3.63) is 35.4 Å². The molecule has 8 heteroatoms. The van der Waals surface area contributed by atoms with Gasteiger partial charge in [-0.2, -0.15) is 5.21 Å². The topological polar surface area (TPSA) is 122 Å². The minimum Gasteiger partial charge on any atom is -0.342 e. The number of carbonyl (C=O) groups is 1. The number of amides is 1. The highest BCUT2D eigenvalue weighted by Crippen LogP contribution is 2.07. The number of hydrogen-bond donors (Lipinski definition) is 3. The van der Waals surface area contributed by atoms with Crippen molar-refractivity contribution in [1.82, 2.24) is 30.9 Å². The second-order valence-corrected chi connectivity index (χ2v) is 3.71. The summed E-state index contributed by atoms with van der Waals surface area (Å²) in [4.78, 5) is 16.0. The molecule has 0 aliphatic rings. The van der Waals surface area contributed by atoms with E-state index in [1.807, 2.05) is 0 Å². The second-order valence-electron chi connectivity index (χ2n) is 3.71. The normalized spacial score (nSPS) is 12.1.